The van der Waals surface area contributed by atoms with Crippen LogP contribution in [-0.4, -0.2) is 6.54 Å². The van der Waals surface area contributed by atoms with Gasteiger partial charge in [-0.15, -0.1) is 0 Å². The molecule has 158 valence electrons. The van der Waals surface area contributed by atoms with Crippen molar-refractivity contribution in [2.24, 2.45) is 23.5 Å². The van der Waals surface area contributed by atoms with Gasteiger partial charge in [0.15, 0.2) is 0 Å². The summed E-state index contributed by atoms with van der Waals surface area (Å²) in [6, 6.07) is 32.9. The average molecular weight is 408 g/mol. The lowest BCUT2D eigenvalue weighted by atomic mass is 9.62. The highest BCUT2D eigenvalue weighted by Gasteiger charge is 2.43. The first kappa shape index (κ1) is 21.3. The molecule has 1 nitrogen and oxygen atoms in total. The van der Waals surface area contributed by atoms with Crippen LogP contribution >= 0.6 is 0 Å². The second kappa shape index (κ2) is 9.49. The third-order valence-electron chi connectivity index (χ3n) is 6.57. The van der Waals surface area contributed by atoms with Crippen molar-refractivity contribution in [3.05, 3.63) is 131 Å². The van der Waals surface area contributed by atoms with Gasteiger partial charge in [0, 0.05) is 5.92 Å². The zero-order valence-corrected chi connectivity index (χ0v) is 18.6. The third kappa shape index (κ3) is 4.16. The molecule has 2 unspecified atom stereocenters. The van der Waals surface area contributed by atoms with E-state index < -0.39 is 0 Å². The maximum Gasteiger partial charge on any atom is 0.0548 e. The Morgan fingerprint density at radius 3 is 1.58 bits per heavy atom. The predicted molar refractivity (Wildman–Crippen MR) is 132 cm³/mol. The largest absolute Gasteiger partial charge is 0.330 e. The number of hydrogen-bond donors (Lipinski definition) is 1. The molecule has 0 amide bonds. The lowest BCUT2D eigenvalue weighted by molar-refractivity contribution is 0.467. The topological polar surface area (TPSA) is 26.0 Å². The molecule has 3 aromatic carbocycles. The van der Waals surface area contributed by atoms with Crippen LogP contribution in [0.4, 0.5) is 0 Å². The Morgan fingerprint density at radius 1 is 0.742 bits per heavy atom. The van der Waals surface area contributed by atoms with Crippen LogP contribution in [-0.2, 0) is 5.41 Å². The van der Waals surface area contributed by atoms with Gasteiger partial charge in [-0.25, -0.2) is 0 Å². The third-order valence-corrected chi connectivity index (χ3v) is 6.57. The van der Waals surface area contributed by atoms with E-state index in [0.29, 0.717) is 18.4 Å². The molecule has 0 radical (unpaired) electrons. The van der Waals surface area contributed by atoms with Crippen LogP contribution in [0.3, 0.4) is 0 Å². The highest BCUT2D eigenvalue weighted by molar-refractivity contribution is 5.55. The second-order valence-electron chi connectivity index (χ2n) is 9.02. The van der Waals surface area contributed by atoms with E-state index >= 15 is 0 Å². The standard InChI is InChI=1S/C30H33N/c1-23(2)20-25(22-31)24-18-19-29(21-24)30(26-12-6-3-7-13-26,27-14-8-4-9-15-27)28-16-10-5-11-17-28/h3-19,21,23,25,29H,20,22,31H2,1-2H3. The van der Waals surface area contributed by atoms with E-state index in [0.717, 1.165) is 6.42 Å². The van der Waals surface area contributed by atoms with Gasteiger partial charge in [-0.2, -0.15) is 0 Å². The molecule has 1 heteroatoms. The van der Waals surface area contributed by atoms with E-state index in [4.69, 9.17) is 5.73 Å². The zero-order chi connectivity index (χ0) is 21.7. The molecule has 0 fully saturated rings. The van der Waals surface area contributed by atoms with Crippen molar-refractivity contribution < 1.29 is 0 Å². The van der Waals surface area contributed by atoms with Crippen LogP contribution in [0.25, 0.3) is 0 Å². The predicted octanol–water partition coefficient (Wildman–Crippen LogP) is 6.75. The molecule has 0 spiro atoms. The van der Waals surface area contributed by atoms with Gasteiger partial charge in [0.1, 0.15) is 0 Å². The summed E-state index contributed by atoms with van der Waals surface area (Å²) in [7, 11) is 0. The van der Waals surface area contributed by atoms with Crippen molar-refractivity contribution in [2.75, 3.05) is 6.54 Å². The first-order valence-corrected chi connectivity index (χ1v) is 11.4. The van der Waals surface area contributed by atoms with E-state index in [1.165, 1.54) is 22.3 Å². The van der Waals surface area contributed by atoms with Gasteiger partial charge >= 0.3 is 0 Å². The molecule has 4 rings (SSSR count). The van der Waals surface area contributed by atoms with Gasteiger partial charge in [-0.05, 0) is 47.1 Å². The van der Waals surface area contributed by atoms with E-state index in [2.05, 4.69) is 123 Å². The molecule has 31 heavy (non-hydrogen) atoms. The maximum absolute atomic E-state index is 6.21. The summed E-state index contributed by atoms with van der Waals surface area (Å²) in [6.45, 7) is 5.25. The molecule has 2 N–H and O–H groups in total. The summed E-state index contributed by atoms with van der Waals surface area (Å²) >= 11 is 0. The molecular formula is C30H33N. The smallest absolute Gasteiger partial charge is 0.0548 e. The number of benzene rings is 3. The van der Waals surface area contributed by atoms with Crippen LogP contribution in [0.5, 0.6) is 0 Å². The first-order chi connectivity index (χ1) is 15.2. The van der Waals surface area contributed by atoms with Gasteiger partial charge in [0.2, 0.25) is 0 Å². The average Bonchev–Trinajstić information content (AvgIpc) is 3.30. The van der Waals surface area contributed by atoms with E-state index in [-0.39, 0.29) is 11.3 Å². The zero-order valence-electron chi connectivity index (χ0n) is 18.6. The van der Waals surface area contributed by atoms with Crippen LogP contribution in [0, 0.1) is 17.8 Å². The molecule has 2 atom stereocenters. The minimum atomic E-state index is -0.293. The fraction of sp³-hybridized carbons (Fsp3) is 0.267. The summed E-state index contributed by atoms with van der Waals surface area (Å²) in [5, 5.41) is 0. The Balaban J connectivity index is 1.93. The molecule has 0 saturated heterocycles. The number of nitrogens with two attached hydrogens (primary N) is 1. The Bertz CT molecular complexity index is 919. The van der Waals surface area contributed by atoms with E-state index in [9.17, 15) is 0 Å². The minimum absolute atomic E-state index is 0.218. The van der Waals surface area contributed by atoms with E-state index in [1.807, 2.05) is 0 Å². The molecule has 0 bridgehead atoms. The van der Waals surface area contributed by atoms with Crippen molar-refractivity contribution >= 4 is 0 Å². The van der Waals surface area contributed by atoms with Gasteiger partial charge in [-0.3, -0.25) is 0 Å². The van der Waals surface area contributed by atoms with E-state index in [1.54, 1.807) is 0 Å². The quantitative estimate of drug-likeness (QED) is 0.410. The minimum Gasteiger partial charge on any atom is -0.330 e. The lowest BCUT2D eigenvalue weighted by Gasteiger charge is -2.40. The maximum atomic E-state index is 6.21. The van der Waals surface area contributed by atoms with Gasteiger partial charge < -0.3 is 5.73 Å². The van der Waals surface area contributed by atoms with Gasteiger partial charge in [0.25, 0.3) is 0 Å². The molecule has 0 saturated carbocycles. The van der Waals surface area contributed by atoms with Crippen LogP contribution < -0.4 is 5.73 Å². The number of hydrogen-bond acceptors (Lipinski definition) is 1. The second-order valence-corrected chi connectivity index (χ2v) is 9.02. The van der Waals surface area contributed by atoms with Crippen LogP contribution in [0.2, 0.25) is 0 Å². The van der Waals surface area contributed by atoms with Gasteiger partial charge in [-0.1, -0.05) is 123 Å². The van der Waals surface area contributed by atoms with Gasteiger partial charge in [0.05, 0.1) is 5.41 Å². The Kier molecular flexibility index (Phi) is 6.53. The van der Waals surface area contributed by atoms with Crippen molar-refractivity contribution in [3.8, 4) is 0 Å². The molecule has 1 aliphatic carbocycles. The normalized spacial score (nSPS) is 17.0. The molecule has 0 aromatic heterocycles. The molecule has 1 aliphatic rings. The monoisotopic (exact) mass is 407 g/mol. The summed E-state index contributed by atoms with van der Waals surface area (Å²) in [4.78, 5) is 0. The Labute approximate surface area is 187 Å². The van der Waals surface area contributed by atoms with Crippen LogP contribution in [0.15, 0.2) is 115 Å². The fourth-order valence-corrected chi connectivity index (χ4v) is 5.19. The SMILES string of the molecule is CC(C)CC(CN)C1=CC(C(c2ccccc2)(c2ccccc2)c2ccccc2)C=C1. The van der Waals surface area contributed by atoms with Crippen molar-refractivity contribution in [2.45, 2.75) is 25.7 Å². The lowest BCUT2D eigenvalue weighted by Crippen LogP contribution is -2.36. The summed E-state index contributed by atoms with van der Waals surface area (Å²) in [5.41, 5.74) is 11.2. The Hall–Kier alpha value is -2.90. The number of rotatable bonds is 8. The molecule has 0 aliphatic heterocycles. The fourth-order valence-electron chi connectivity index (χ4n) is 5.19. The molecule has 3 aromatic rings. The highest BCUT2D eigenvalue weighted by atomic mass is 14.6. The number of allylic oxidation sites excluding steroid dienone is 3. The highest BCUT2D eigenvalue weighted by Crippen LogP contribution is 2.49. The van der Waals surface area contributed by atoms with Crippen molar-refractivity contribution in [1.82, 2.24) is 0 Å². The molecule has 0 heterocycles. The van der Waals surface area contributed by atoms with Crippen molar-refractivity contribution in [3.63, 3.8) is 0 Å². The first-order valence-electron chi connectivity index (χ1n) is 11.4. The Morgan fingerprint density at radius 2 is 1.19 bits per heavy atom. The summed E-state index contributed by atoms with van der Waals surface area (Å²) in [5.74, 6) is 1.25. The van der Waals surface area contributed by atoms with Crippen LogP contribution in [0.1, 0.15) is 37.0 Å². The summed E-state index contributed by atoms with van der Waals surface area (Å²) < 4.78 is 0. The van der Waals surface area contributed by atoms with Crippen molar-refractivity contribution in [1.29, 1.82) is 0 Å². The summed E-state index contributed by atoms with van der Waals surface area (Å²) in [6.07, 6.45) is 8.32. The molecular weight excluding hydrogens is 374 g/mol.